The number of amides is 1. The number of rotatable bonds is 17. The number of nitrogens with zero attached hydrogens (tertiary/aromatic N) is 1. The highest BCUT2D eigenvalue weighted by molar-refractivity contribution is 5.86. The molecule has 0 saturated carbocycles. The number of carbonyl (C=O) groups is 2. The number of aromatic nitrogens is 1. The zero-order chi connectivity index (χ0) is 27.9. The molecule has 0 spiro atoms. The minimum Gasteiger partial charge on any atom is -0.497 e. The molecule has 0 aliphatic carbocycles. The Labute approximate surface area is 231 Å². The van der Waals surface area contributed by atoms with Gasteiger partial charge in [0.1, 0.15) is 17.2 Å². The lowest BCUT2D eigenvalue weighted by Crippen LogP contribution is -2.26. The van der Waals surface area contributed by atoms with E-state index in [0.29, 0.717) is 24.4 Å². The normalized spacial score (nSPS) is 10.7. The zero-order valence-electron chi connectivity index (χ0n) is 23.3. The predicted octanol–water partition coefficient (Wildman–Crippen LogP) is 6.37. The van der Waals surface area contributed by atoms with Crippen molar-refractivity contribution >= 4 is 11.9 Å². The van der Waals surface area contributed by atoms with Crippen LogP contribution >= 0.6 is 0 Å². The van der Waals surface area contributed by atoms with Gasteiger partial charge in [0.15, 0.2) is 5.76 Å². The third-order valence-electron chi connectivity index (χ3n) is 6.68. The number of hydrogen-bond donors (Lipinski definition) is 1. The smallest absolute Gasteiger partial charge is 0.305 e. The number of benzene rings is 2. The number of nitrogens with one attached hydrogen (secondary N) is 1. The number of methoxy groups -OCH3 is 3. The highest BCUT2D eigenvalue weighted by Crippen LogP contribution is 2.36. The number of esters is 1. The molecule has 0 bridgehead atoms. The Morgan fingerprint density at radius 1 is 0.744 bits per heavy atom. The van der Waals surface area contributed by atoms with E-state index in [0.717, 1.165) is 66.7 Å². The number of carbonyl (C=O) groups excluding carboxylic acids is 2. The SMILES string of the molecule is COC(=O)CCCCCCCCCCNC(=O)Cc1onc(-c2ccc(OC)cc2)c1-c1ccc(OC)cc1. The Balaban J connectivity index is 1.49. The first-order valence-electron chi connectivity index (χ1n) is 13.7. The van der Waals surface area contributed by atoms with Crippen LogP contribution in [0.1, 0.15) is 63.5 Å². The van der Waals surface area contributed by atoms with Crippen LogP contribution in [0.3, 0.4) is 0 Å². The molecule has 210 valence electrons. The average molecular weight is 537 g/mol. The Morgan fingerprint density at radius 2 is 1.28 bits per heavy atom. The maximum atomic E-state index is 12.8. The van der Waals surface area contributed by atoms with Crippen molar-refractivity contribution < 1.29 is 28.3 Å². The molecule has 3 aromatic rings. The van der Waals surface area contributed by atoms with Gasteiger partial charge in [-0.15, -0.1) is 0 Å². The fourth-order valence-corrected chi connectivity index (χ4v) is 4.44. The lowest BCUT2D eigenvalue weighted by atomic mass is 9.98. The Hall–Kier alpha value is -3.81. The first-order chi connectivity index (χ1) is 19.0. The van der Waals surface area contributed by atoms with E-state index < -0.39 is 0 Å². The van der Waals surface area contributed by atoms with Gasteiger partial charge in [-0.3, -0.25) is 9.59 Å². The van der Waals surface area contributed by atoms with Crippen molar-refractivity contribution in [2.75, 3.05) is 27.9 Å². The van der Waals surface area contributed by atoms with E-state index in [4.69, 9.17) is 14.0 Å². The summed E-state index contributed by atoms with van der Waals surface area (Å²) in [7, 11) is 4.68. The Bertz CT molecular complexity index is 1150. The maximum absolute atomic E-state index is 12.8. The van der Waals surface area contributed by atoms with Crippen molar-refractivity contribution in [2.45, 2.75) is 64.2 Å². The molecule has 0 saturated heterocycles. The van der Waals surface area contributed by atoms with Gasteiger partial charge in [-0.05, 0) is 54.8 Å². The fraction of sp³-hybridized carbons (Fsp3) is 0.452. The highest BCUT2D eigenvalue weighted by Gasteiger charge is 2.21. The van der Waals surface area contributed by atoms with Crippen LogP contribution in [0, 0.1) is 0 Å². The van der Waals surface area contributed by atoms with Crippen molar-refractivity contribution in [1.29, 1.82) is 0 Å². The molecule has 39 heavy (non-hydrogen) atoms. The maximum Gasteiger partial charge on any atom is 0.305 e. The Kier molecular flexibility index (Phi) is 12.4. The van der Waals surface area contributed by atoms with Gasteiger partial charge in [-0.1, -0.05) is 55.8 Å². The van der Waals surface area contributed by atoms with E-state index in [1.807, 2.05) is 48.5 Å². The van der Waals surface area contributed by atoms with E-state index >= 15 is 0 Å². The van der Waals surface area contributed by atoms with Crippen LogP contribution in [-0.4, -0.2) is 44.9 Å². The molecule has 0 aliphatic heterocycles. The standard InChI is InChI=1S/C31H40N2O6/c1-36-25-17-13-23(14-18-25)30-27(39-33-31(30)24-15-19-26(37-2)20-16-24)22-28(34)32-21-11-9-7-5-4-6-8-10-12-29(35)38-3/h13-20H,4-12,21-22H2,1-3H3,(H,32,34). The lowest BCUT2D eigenvalue weighted by molar-refractivity contribution is -0.140. The second-order valence-electron chi connectivity index (χ2n) is 9.47. The van der Waals surface area contributed by atoms with Gasteiger partial charge in [0.05, 0.1) is 33.3 Å². The van der Waals surface area contributed by atoms with Gasteiger partial charge in [-0.25, -0.2) is 0 Å². The molecular weight excluding hydrogens is 496 g/mol. The first kappa shape index (κ1) is 29.7. The quantitative estimate of drug-likeness (QED) is 0.158. The van der Waals surface area contributed by atoms with Crippen LogP contribution < -0.4 is 14.8 Å². The second kappa shape index (κ2) is 16.2. The van der Waals surface area contributed by atoms with Crippen LogP contribution in [0.5, 0.6) is 11.5 Å². The molecule has 1 N–H and O–H groups in total. The molecule has 0 fully saturated rings. The third kappa shape index (κ3) is 9.46. The number of hydrogen-bond acceptors (Lipinski definition) is 7. The van der Waals surface area contributed by atoms with E-state index in [-0.39, 0.29) is 18.3 Å². The molecule has 2 aromatic carbocycles. The molecule has 1 heterocycles. The van der Waals surface area contributed by atoms with Gasteiger partial charge in [0.2, 0.25) is 5.91 Å². The van der Waals surface area contributed by atoms with Crippen LogP contribution in [-0.2, 0) is 20.7 Å². The molecular formula is C31H40N2O6. The van der Waals surface area contributed by atoms with Crippen molar-refractivity contribution in [2.24, 2.45) is 0 Å². The monoisotopic (exact) mass is 536 g/mol. The summed E-state index contributed by atoms with van der Waals surface area (Å²) in [6, 6.07) is 15.3. The average Bonchev–Trinajstić information content (AvgIpc) is 3.38. The van der Waals surface area contributed by atoms with Gasteiger partial charge >= 0.3 is 5.97 Å². The number of unbranched alkanes of at least 4 members (excludes halogenated alkanes) is 7. The van der Waals surface area contributed by atoms with Crippen LogP contribution in [0.2, 0.25) is 0 Å². The summed E-state index contributed by atoms with van der Waals surface area (Å²) in [6.45, 7) is 0.634. The summed E-state index contributed by atoms with van der Waals surface area (Å²) in [4.78, 5) is 23.9. The van der Waals surface area contributed by atoms with E-state index in [1.54, 1.807) is 14.2 Å². The topological polar surface area (TPSA) is 99.9 Å². The van der Waals surface area contributed by atoms with E-state index in [2.05, 4.69) is 15.2 Å². The summed E-state index contributed by atoms with van der Waals surface area (Å²) in [5, 5.41) is 7.35. The molecule has 0 aliphatic rings. The van der Waals surface area contributed by atoms with Crippen LogP contribution in [0.25, 0.3) is 22.4 Å². The summed E-state index contributed by atoms with van der Waals surface area (Å²) in [5.74, 6) is 1.81. The molecule has 1 aromatic heterocycles. The van der Waals surface area contributed by atoms with Gasteiger partial charge in [0.25, 0.3) is 0 Å². The molecule has 8 nitrogen and oxygen atoms in total. The summed E-state index contributed by atoms with van der Waals surface area (Å²) in [5.41, 5.74) is 3.25. The highest BCUT2D eigenvalue weighted by atomic mass is 16.5. The fourth-order valence-electron chi connectivity index (χ4n) is 4.44. The van der Waals surface area contributed by atoms with Gasteiger partial charge < -0.3 is 24.1 Å². The molecule has 0 atom stereocenters. The Morgan fingerprint density at radius 3 is 1.85 bits per heavy atom. The third-order valence-corrected chi connectivity index (χ3v) is 6.68. The summed E-state index contributed by atoms with van der Waals surface area (Å²) < 4.78 is 20.9. The first-order valence-corrected chi connectivity index (χ1v) is 13.7. The largest absolute Gasteiger partial charge is 0.497 e. The van der Waals surface area contributed by atoms with Crippen LogP contribution in [0.15, 0.2) is 53.1 Å². The molecule has 8 heteroatoms. The van der Waals surface area contributed by atoms with Crippen molar-refractivity contribution in [1.82, 2.24) is 10.5 Å². The lowest BCUT2D eigenvalue weighted by Gasteiger charge is -2.08. The number of ether oxygens (including phenoxy) is 3. The van der Waals surface area contributed by atoms with Crippen molar-refractivity contribution in [3.05, 3.63) is 54.3 Å². The minimum absolute atomic E-state index is 0.0900. The molecule has 0 unspecified atom stereocenters. The molecule has 0 radical (unpaired) electrons. The molecule has 3 rings (SSSR count). The molecule has 1 amide bonds. The van der Waals surface area contributed by atoms with Crippen molar-refractivity contribution in [3.63, 3.8) is 0 Å². The second-order valence-corrected chi connectivity index (χ2v) is 9.47. The minimum atomic E-state index is -0.130. The van der Waals surface area contributed by atoms with Gasteiger partial charge in [-0.2, -0.15) is 0 Å². The van der Waals surface area contributed by atoms with E-state index in [9.17, 15) is 9.59 Å². The summed E-state index contributed by atoms with van der Waals surface area (Å²) in [6.07, 6.45) is 9.20. The predicted molar refractivity (Wildman–Crippen MR) is 151 cm³/mol. The summed E-state index contributed by atoms with van der Waals surface area (Å²) >= 11 is 0. The van der Waals surface area contributed by atoms with E-state index in [1.165, 1.54) is 20.0 Å². The zero-order valence-corrected chi connectivity index (χ0v) is 23.3. The van der Waals surface area contributed by atoms with Gasteiger partial charge in [0, 0.05) is 18.5 Å². The van der Waals surface area contributed by atoms with Crippen molar-refractivity contribution in [3.8, 4) is 33.9 Å². The van der Waals surface area contributed by atoms with Crippen LogP contribution in [0.4, 0.5) is 0 Å².